The molecule has 0 bridgehead atoms. The number of morpholine rings is 1. The molecule has 0 radical (unpaired) electrons. The summed E-state index contributed by atoms with van der Waals surface area (Å²) in [5.74, 6) is 0.963. The van der Waals surface area contributed by atoms with Gasteiger partial charge >= 0.3 is 0 Å². The van der Waals surface area contributed by atoms with E-state index in [0.717, 1.165) is 25.3 Å². The Kier molecular flexibility index (Phi) is 5.78. The third-order valence-corrected chi connectivity index (χ3v) is 6.05. The zero-order valence-electron chi connectivity index (χ0n) is 15.9. The molecule has 0 unspecified atom stereocenters. The van der Waals surface area contributed by atoms with Crippen molar-refractivity contribution in [3.63, 3.8) is 0 Å². The third-order valence-electron chi connectivity index (χ3n) is 6.05. The van der Waals surface area contributed by atoms with Crippen LogP contribution in [0.2, 0.25) is 0 Å². The number of likely N-dealkylation sites (tertiary alicyclic amines) is 1. The Morgan fingerprint density at radius 3 is 2.63 bits per heavy atom. The highest BCUT2D eigenvalue weighted by atomic mass is 16.5. The van der Waals surface area contributed by atoms with Crippen molar-refractivity contribution >= 4 is 11.8 Å². The number of aromatic nitrogens is 1. The van der Waals surface area contributed by atoms with Crippen LogP contribution >= 0.6 is 0 Å². The molecule has 0 spiro atoms. The molecule has 2 N–H and O–H groups in total. The van der Waals surface area contributed by atoms with E-state index in [1.54, 1.807) is 12.3 Å². The number of nitrogens with zero attached hydrogens (tertiary/aromatic N) is 2. The lowest BCUT2D eigenvalue weighted by atomic mass is 10.1. The number of aromatic amines is 1. The largest absolute Gasteiger partial charge is 0.378 e. The highest BCUT2D eigenvalue weighted by Crippen LogP contribution is 2.35. The molecule has 1 aromatic rings. The fourth-order valence-corrected chi connectivity index (χ4v) is 4.27. The van der Waals surface area contributed by atoms with Gasteiger partial charge in [-0.3, -0.25) is 14.5 Å². The summed E-state index contributed by atoms with van der Waals surface area (Å²) < 4.78 is 5.36. The van der Waals surface area contributed by atoms with Crippen molar-refractivity contribution in [2.24, 2.45) is 5.92 Å². The molecule has 1 saturated carbocycles. The lowest BCUT2D eigenvalue weighted by Gasteiger charge is -2.33. The van der Waals surface area contributed by atoms with Gasteiger partial charge in [0.25, 0.3) is 5.91 Å². The average molecular weight is 374 g/mol. The number of carbonyl (C=O) groups is 2. The van der Waals surface area contributed by atoms with E-state index in [1.807, 2.05) is 11.0 Å². The molecule has 148 valence electrons. The maximum Gasteiger partial charge on any atom is 0.267 e. The van der Waals surface area contributed by atoms with E-state index in [4.69, 9.17) is 4.74 Å². The van der Waals surface area contributed by atoms with Crippen molar-refractivity contribution in [1.82, 2.24) is 20.1 Å². The zero-order chi connectivity index (χ0) is 18.6. The van der Waals surface area contributed by atoms with E-state index in [1.165, 1.54) is 12.8 Å². The van der Waals surface area contributed by atoms with Crippen LogP contribution in [-0.4, -0.2) is 78.1 Å². The van der Waals surface area contributed by atoms with E-state index in [2.05, 4.69) is 15.2 Å². The van der Waals surface area contributed by atoms with E-state index in [-0.39, 0.29) is 11.8 Å². The van der Waals surface area contributed by atoms with Crippen LogP contribution in [-0.2, 0) is 9.53 Å². The van der Waals surface area contributed by atoms with Crippen molar-refractivity contribution < 1.29 is 14.3 Å². The van der Waals surface area contributed by atoms with Crippen molar-refractivity contribution in [3.05, 3.63) is 24.0 Å². The quantitative estimate of drug-likeness (QED) is 0.753. The van der Waals surface area contributed by atoms with Crippen LogP contribution in [0.4, 0.5) is 0 Å². The molecule has 2 atom stereocenters. The zero-order valence-corrected chi connectivity index (χ0v) is 15.9. The molecule has 1 aromatic heterocycles. The Labute approximate surface area is 160 Å². The molecule has 7 heteroatoms. The molecule has 2 aliphatic heterocycles. The SMILES string of the molecule is O=C(NC[C@@H]1CC[C@H](CC(=O)N2CCOCC2)N1CC1CC1)c1ccc[nH]1. The summed E-state index contributed by atoms with van der Waals surface area (Å²) in [4.78, 5) is 32.3. The van der Waals surface area contributed by atoms with E-state index < -0.39 is 0 Å². The third kappa shape index (κ3) is 4.71. The van der Waals surface area contributed by atoms with Crippen LogP contribution in [0, 0.1) is 5.92 Å². The fourth-order valence-electron chi connectivity index (χ4n) is 4.27. The van der Waals surface area contributed by atoms with E-state index in [0.29, 0.717) is 57.0 Å². The minimum atomic E-state index is -0.0563. The van der Waals surface area contributed by atoms with Gasteiger partial charge in [-0.25, -0.2) is 0 Å². The van der Waals surface area contributed by atoms with Crippen LogP contribution in [0.5, 0.6) is 0 Å². The first-order valence-corrected chi connectivity index (χ1v) is 10.2. The maximum atomic E-state index is 12.7. The van der Waals surface area contributed by atoms with E-state index >= 15 is 0 Å². The first-order chi connectivity index (χ1) is 13.2. The summed E-state index contributed by atoms with van der Waals surface area (Å²) in [6.45, 7) is 4.43. The van der Waals surface area contributed by atoms with Gasteiger partial charge in [0.15, 0.2) is 0 Å². The van der Waals surface area contributed by atoms with Gasteiger partial charge < -0.3 is 19.9 Å². The molecule has 3 aliphatic rings. The second-order valence-electron chi connectivity index (χ2n) is 8.02. The molecule has 4 rings (SSSR count). The number of ether oxygens (including phenoxy) is 1. The number of hydrogen-bond donors (Lipinski definition) is 2. The molecule has 2 amide bonds. The molecular formula is C20H30N4O3. The van der Waals surface area contributed by atoms with Crippen LogP contribution in [0.1, 0.15) is 42.6 Å². The minimum absolute atomic E-state index is 0.0563. The predicted molar refractivity (Wildman–Crippen MR) is 101 cm³/mol. The normalized spacial score (nSPS) is 26.3. The number of rotatable bonds is 7. The second kappa shape index (κ2) is 8.44. The predicted octanol–water partition coefficient (Wildman–Crippen LogP) is 1.24. The topological polar surface area (TPSA) is 77.7 Å². The lowest BCUT2D eigenvalue weighted by Crippen LogP contribution is -2.47. The smallest absolute Gasteiger partial charge is 0.267 e. The number of nitrogens with one attached hydrogen (secondary N) is 2. The Balaban J connectivity index is 1.33. The molecule has 3 heterocycles. The number of hydrogen-bond acceptors (Lipinski definition) is 4. The van der Waals surface area contributed by atoms with Crippen molar-refractivity contribution in [3.8, 4) is 0 Å². The molecule has 2 saturated heterocycles. The van der Waals surface area contributed by atoms with Gasteiger partial charge in [-0.05, 0) is 43.7 Å². The van der Waals surface area contributed by atoms with Crippen molar-refractivity contribution in [2.75, 3.05) is 39.4 Å². The van der Waals surface area contributed by atoms with Crippen LogP contribution in [0.25, 0.3) is 0 Å². The van der Waals surface area contributed by atoms with Crippen molar-refractivity contribution in [2.45, 2.75) is 44.2 Å². The molecule has 7 nitrogen and oxygen atoms in total. The minimum Gasteiger partial charge on any atom is -0.378 e. The maximum absolute atomic E-state index is 12.7. The summed E-state index contributed by atoms with van der Waals surface area (Å²) >= 11 is 0. The van der Waals surface area contributed by atoms with Crippen molar-refractivity contribution in [1.29, 1.82) is 0 Å². The first kappa shape index (κ1) is 18.5. The van der Waals surface area contributed by atoms with Crippen LogP contribution < -0.4 is 5.32 Å². The van der Waals surface area contributed by atoms with Gasteiger partial charge in [-0.2, -0.15) is 0 Å². The Bertz CT molecular complexity index is 638. The van der Waals surface area contributed by atoms with Crippen LogP contribution in [0.3, 0.4) is 0 Å². The number of amides is 2. The lowest BCUT2D eigenvalue weighted by molar-refractivity contribution is -0.136. The second-order valence-corrected chi connectivity index (χ2v) is 8.02. The first-order valence-electron chi connectivity index (χ1n) is 10.2. The average Bonchev–Trinajstić information content (AvgIpc) is 3.19. The van der Waals surface area contributed by atoms with Gasteiger partial charge in [0.1, 0.15) is 5.69 Å². The van der Waals surface area contributed by atoms with Gasteiger partial charge in [0.2, 0.25) is 5.91 Å². The fraction of sp³-hybridized carbons (Fsp3) is 0.700. The summed E-state index contributed by atoms with van der Waals surface area (Å²) in [5.41, 5.74) is 0.598. The Morgan fingerprint density at radius 2 is 1.93 bits per heavy atom. The molecule has 3 fully saturated rings. The highest BCUT2D eigenvalue weighted by molar-refractivity contribution is 5.92. The molecule has 1 aliphatic carbocycles. The summed E-state index contributed by atoms with van der Waals surface area (Å²) in [6.07, 6.45) is 7.01. The van der Waals surface area contributed by atoms with E-state index in [9.17, 15) is 9.59 Å². The van der Waals surface area contributed by atoms with Gasteiger partial charge in [0.05, 0.1) is 13.2 Å². The van der Waals surface area contributed by atoms with Gasteiger partial charge in [0, 0.05) is 50.9 Å². The van der Waals surface area contributed by atoms with Crippen LogP contribution in [0.15, 0.2) is 18.3 Å². The Morgan fingerprint density at radius 1 is 1.15 bits per heavy atom. The number of carbonyl (C=O) groups excluding carboxylic acids is 2. The van der Waals surface area contributed by atoms with Gasteiger partial charge in [-0.1, -0.05) is 0 Å². The molecular weight excluding hydrogens is 344 g/mol. The Hall–Kier alpha value is -1.86. The number of H-pyrrole nitrogens is 1. The molecule has 27 heavy (non-hydrogen) atoms. The monoisotopic (exact) mass is 374 g/mol. The molecule has 0 aromatic carbocycles. The highest BCUT2D eigenvalue weighted by Gasteiger charge is 2.38. The standard InChI is InChI=1S/C20H30N4O3/c25-19(23-8-10-27-11-9-23)12-16-5-6-17(24(16)14-15-3-4-15)13-22-20(26)18-2-1-7-21-18/h1-2,7,15-17,21H,3-6,8-14H2,(H,22,26)/t16-,17+/m1/s1. The summed E-state index contributed by atoms with van der Waals surface area (Å²) in [5, 5.41) is 3.06. The summed E-state index contributed by atoms with van der Waals surface area (Å²) in [6, 6.07) is 4.24. The summed E-state index contributed by atoms with van der Waals surface area (Å²) in [7, 11) is 0. The van der Waals surface area contributed by atoms with Gasteiger partial charge in [-0.15, -0.1) is 0 Å².